The second-order valence-corrected chi connectivity index (χ2v) is 4.91. The average molecular weight is 307 g/mol. The molecule has 1 rings (SSSR count). The number of anilines is 2. The molecule has 0 saturated carbocycles. The maximum Gasteiger partial charge on any atom is 0.317 e. The fourth-order valence-electron chi connectivity index (χ4n) is 2.00. The van der Waals surface area contributed by atoms with Gasteiger partial charge in [0.15, 0.2) is 0 Å². The Labute approximate surface area is 129 Å². The van der Waals surface area contributed by atoms with Gasteiger partial charge in [0, 0.05) is 18.3 Å². The molecule has 0 saturated heterocycles. The van der Waals surface area contributed by atoms with E-state index < -0.39 is 5.97 Å². The van der Waals surface area contributed by atoms with Crippen molar-refractivity contribution in [1.82, 2.24) is 4.90 Å². The van der Waals surface area contributed by atoms with Crippen molar-refractivity contribution in [2.75, 3.05) is 30.3 Å². The standard InChI is InChI=1S/C15H21N3O4/c1-3-7-18(10-15(21)22)9-14(20)17-13-6-4-5-12(8-13)16-11(2)19/h4-6,8H,3,7,9-10H2,1-2H3,(H,16,19)(H,17,20)(H,21,22). The summed E-state index contributed by atoms with van der Waals surface area (Å²) in [6, 6.07) is 6.76. The van der Waals surface area contributed by atoms with Gasteiger partial charge in [-0.15, -0.1) is 0 Å². The van der Waals surface area contributed by atoms with Crippen molar-refractivity contribution in [1.29, 1.82) is 0 Å². The Hall–Kier alpha value is -2.41. The molecule has 7 heteroatoms. The van der Waals surface area contributed by atoms with E-state index in [2.05, 4.69) is 10.6 Å². The van der Waals surface area contributed by atoms with Crippen LogP contribution in [-0.4, -0.2) is 47.4 Å². The fourth-order valence-corrected chi connectivity index (χ4v) is 2.00. The van der Waals surface area contributed by atoms with Gasteiger partial charge in [0.05, 0.1) is 13.1 Å². The van der Waals surface area contributed by atoms with Crippen molar-refractivity contribution in [3.63, 3.8) is 0 Å². The van der Waals surface area contributed by atoms with Gasteiger partial charge in [0.1, 0.15) is 0 Å². The maximum atomic E-state index is 12.0. The number of carbonyl (C=O) groups excluding carboxylic acids is 2. The Morgan fingerprint density at radius 2 is 1.77 bits per heavy atom. The van der Waals surface area contributed by atoms with Crippen LogP contribution >= 0.6 is 0 Å². The molecule has 1 aromatic rings. The lowest BCUT2D eigenvalue weighted by molar-refractivity contribution is -0.138. The first-order valence-electron chi connectivity index (χ1n) is 7.02. The van der Waals surface area contributed by atoms with E-state index in [1.54, 1.807) is 29.2 Å². The third-order valence-electron chi connectivity index (χ3n) is 2.73. The van der Waals surface area contributed by atoms with Crippen molar-refractivity contribution in [2.24, 2.45) is 0 Å². The van der Waals surface area contributed by atoms with Crippen LogP contribution in [0.25, 0.3) is 0 Å². The normalized spacial score (nSPS) is 10.3. The number of carbonyl (C=O) groups is 3. The second kappa shape index (κ2) is 8.78. The van der Waals surface area contributed by atoms with Gasteiger partial charge in [-0.2, -0.15) is 0 Å². The predicted octanol–water partition coefficient (Wildman–Crippen LogP) is 1.38. The van der Waals surface area contributed by atoms with E-state index in [1.807, 2.05) is 6.92 Å². The summed E-state index contributed by atoms with van der Waals surface area (Å²) in [4.78, 5) is 35.3. The van der Waals surface area contributed by atoms with Crippen molar-refractivity contribution >= 4 is 29.2 Å². The largest absolute Gasteiger partial charge is 0.480 e. The molecule has 3 N–H and O–H groups in total. The van der Waals surface area contributed by atoms with Crippen LogP contribution in [0.4, 0.5) is 11.4 Å². The number of rotatable bonds is 8. The lowest BCUT2D eigenvalue weighted by Gasteiger charge is -2.18. The zero-order chi connectivity index (χ0) is 16.5. The number of benzene rings is 1. The molecule has 0 radical (unpaired) electrons. The van der Waals surface area contributed by atoms with Gasteiger partial charge in [0.2, 0.25) is 11.8 Å². The number of hydrogen-bond acceptors (Lipinski definition) is 4. The first-order valence-corrected chi connectivity index (χ1v) is 7.02. The fraction of sp³-hybridized carbons (Fsp3) is 0.400. The molecular formula is C15H21N3O4. The van der Waals surface area contributed by atoms with E-state index in [4.69, 9.17) is 5.11 Å². The summed E-state index contributed by atoms with van der Waals surface area (Å²) in [6.07, 6.45) is 0.762. The van der Waals surface area contributed by atoms with Crippen molar-refractivity contribution in [3.05, 3.63) is 24.3 Å². The highest BCUT2D eigenvalue weighted by Crippen LogP contribution is 2.15. The van der Waals surface area contributed by atoms with Gasteiger partial charge in [-0.05, 0) is 31.2 Å². The molecular weight excluding hydrogens is 286 g/mol. The summed E-state index contributed by atoms with van der Waals surface area (Å²) >= 11 is 0. The van der Waals surface area contributed by atoms with E-state index in [0.717, 1.165) is 6.42 Å². The smallest absolute Gasteiger partial charge is 0.317 e. The molecule has 0 spiro atoms. The number of carboxylic acid groups (broad SMARTS) is 1. The van der Waals surface area contributed by atoms with Crippen LogP contribution in [0, 0.1) is 0 Å². The van der Waals surface area contributed by atoms with Crippen LogP contribution in [0.2, 0.25) is 0 Å². The molecule has 0 aromatic heterocycles. The Bertz CT molecular complexity index is 545. The summed E-state index contributed by atoms with van der Waals surface area (Å²) < 4.78 is 0. The molecule has 0 aliphatic rings. The van der Waals surface area contributed by atoms with Crippen LogP contribution in [0.1, 0.15) is 20.3 Å². The van der Waals surface area contributed by atoms with E-state index in [1.165, 1.54) is 6.92 Å². The van der Waals surface area contributed by atoms with Gasteiger partial charge < -0.3 is 15.7 Å². The highest BCUT2D eigenvalue weighted by molar-refractivity contribution is 5.94. The molecule has 22 heavy (non-hydrogen) atoms. The quantitative estimate of drug-likeness (QED) is 0.674. The van der Waals surface area contributed by atoms with Gasteiger partial charge in [-0.1, -0.05) is 13.0 Å². The SMILES string of the molecule is CCCN(CC(=O)O)CC(=O)Nc1cccc(NC(C)=O)c1. The molecule has 0 aliphatic carbocycles. The highest BCUT2D eigenvalue weighted by Gasteiger charge is 2.13. The molecule has 120 valence electrons. The number of carboxylic acids is 1. The van der Waals surface area contributed by atoms with Crippen molar-refractivity contribution in [3.8, 4) is 0 Å². The second-order valence-electron chi connectivity index (χ2n) is 4.91. The number of nitrogens with zero attached hydrogens (tertiary/aromatic N) is 1. The first kappa shape index (κ1) is 17.6. The molecule has 0 aliphatic heterocycles. The van der Waals surface area contributed by atoms with Crippen LogP contribution in [0.15, 0.2) is 24.3 Å². The van der Waals surface area contributed by atoms with Gasteiger partial charge in [0.25, 0.3) is 0 Å². The zero-order valence-electron chi connectivity index (χ0n) is 12.8. The minimum Gasteiger partial charge on any atom is -0.480 e. The van der Waals surface area contributed by atoms with E-state index in [-0.39, 0.29) is 24.9 Å². The number of hydrogen-bond donors (Lipinski definition) is 3. The van der Waals surface area contributed by atoms with E-state index >= 15 is 0 Å². The van der Waals surface area contributed by atoms with Gasteiger partial charge >= 0.3 is 5.97 Å². The third-order valence-corrected chi connectivity index (χ3v) is 2.73. The first-order chi connectivity index (χ1) is 10.4. The Balaban J connectivity index is 2.63. The van der Waals surface area contributed by atoms with Crippen LogP contribution in [0.5, 0.6) is 0 Å². The minimum atomic E-state index is -0.964. The van der Waals surface area contributed by atoms with Crippen molar-refractivity contribution < 1.29 is 19.5 Å². The maximum absolute atomic E-state index is 12.0. The Morgan fingerprint density at radius 3 is 2.32 bits per heavy atom. The van der Waals surface area contributed by atoms with Crippen molar-refractivity contribution in [2.45, 2.75) is 20.3 Å². The zero-order valence-corrected chi connectivity index (χ0v) is 12.8. The molecule has 1 aromatic carbocycles. The van der Waals surface area contributed by atoms with Crippen LogP contribution in [0.3, 0.4) is 0 Å². The molecule has 0 heterocycles. The van der Waals surface area contributed by atoms with Crippen LogP contribution < -0.4 is 10.6 Å². The third kappa shape index (κ3) is 6.85. The lowest BCUT2D eigenvalue weighted by Crippen LogP contribution is -2.37. The Morgan fingerprint density at radius 1 is 1.14 bits per heavy atom. The highest BCUT2D eigenvalue weighted by atomic mass is 16.4. The lowest BCUT2D eigenvalue weighted by atomic mass is 10.2. The number of aliphatic carboxylic acids is 1. The van der Waals surface area contributed by atoms with Gasteiger partial charge in [-0.3, -0.25) is 19.3 Å². The molecule has 0 unspecified atom stereocenters. The molecule has 0 atom stereocenters. The molecule has 0 fully saturated rings. The summed E-state index contributed by atoms with van der Waals surface area (Å²) in [5.74, 6) is -1.46. The topological polar surface area (TPSA) is 98.7 Å². The number of nitrogens with one attached hydrogen (secondary N) is 2. The van der Waals surface area contributed by atoms with Gasteiger partial charge in [-0.25, -0.2) is 0 Å². The predicted molar refractivity (Wildman–Crippen MR) is 83.7 cm³/mol. The Kier molecular flexibility index (Phi) is 7.04. The summed E-state index contributed by atoms with van der Waals surface area (Å²) in [7, 11) is 0. The monoisotopic (exact) mass is 307 g/mol. The minimum absolute atomic E-state index is 0.00447. The van der Waals surface area contributed by atoms with E-state index in [0.29, 0.717) is 17.9 Å². The summed E-state index contributed by atoms with van der Waals surface area (Å²) in [6.45, 7) is 3.69. The average Bonchev–Trinajstić information content (AvgIpc) is 2.37. The summed E-state index contributed by atoms with van der Waals surface area (Å²) in [5.41, 5.74) is 1.13. The molecule has 2 amide bonds. The summed E-state index contributed by atoms with van der Waals surface area (Å²) in [5, 5.41) is 14.1. The molecule has 7 nitrogen and oxygen atoms in total. The van der Waals surface area contributed by atoms with Crippen LogP contribution in [-0.2, 0) is 14.4 Å². The molecule has 0 bridgehead atoms. The number of amides is 2. The van der Waals surface area contributed by atoms with E-state index in [9.17, 15) is 14.4 Å².